The largest absolute Gasteiger partial charge is 0.495 e. The van der Waals surface area contributed by atoms with Gasteiger partial charge < -0.3 is 14.8 Å². The van der Waals surface area contributed by atoms with Crippen LogP contribution in [0.4, 0.5) is 5.69 Å². The topological polar surface area (TPSA) is 47.6 Å². The van der Waals surface area contributed by atoms with Crippen molar-refractivity contribution in [3.8, 4) is 11.5 Å². The second-order valence-electron chi connectivity index (χ2n) is 4.62. The fourth-order valence-electron chi connectivity index (χ4n) is 1.83. The van der Waals surface area contributed by atoms with Gasteiger partial charge in [0.2, 0.25) is 0 Å². The molecule has 2 aromatic carbocycles. The summed E-state index contributed by atoms with van der Waals surface area (Å²) < 4.78 is 10.6. The number of carbonyl (C=O) groups is 1. The minimum atomic E-state index is -0.335. The molecule has 0 saturated heterocycles. The van der Waals surface area contributed by atoms with Crippen LogP contribution in [0.5, 0.6) is 11.5 Å². The van der Waals surface area contributed by atoms with Crippen molar-refractivity contribution in [2.75, 3.05) is 19.0 Å². The number of anilines is 1. The summed E-state index contributed by atoms with van der Waals surface area (Å²) >= 11 is 11.9. The van der Waals surface area contributed by atoms with E-state index in [1.807, 2.05) is 13.0 Å². The van der Waals surface area contributed by atoms with Gasteiger partial charge in [0.25, 0.3) is 5.91 Å². The number of carbonyl (C=O) groups excluding carboxylic acids is 1. The number of aryl methyl sites for hydroxylation is 1. The summed E-state index contributed by atoms with van der Waals surface area (Å²) in [5.74, 6) is 0.652. The van der Waals surface area contributed by atoms with Gasteiger partial charge in [0.1, 0.15) is 11.5 Å². The molecule has 6 heteroatoms. The zero-order valence-electron chi connectivity index (χ0n) is 12.2. The van der Waals surface area contributed by atoms with Gasteiger partial charge in [0, 0.05) is 5.02 Å². The van der Waals surface area contributed by atoms with E-state index in [1.54, 1.807) is 30.3 Å². The molecule has 0 saturated carbocycles. The standard InChI is InChI=1S/C16H15Cl2NO3/c1-10-3-5-12(18)15(7-10)22-9-16(20)19-13-8-11(17)4-6-14(13)21-2/h3-8H,9H2,1-2H3,(H,19,20). The van der Waals surface area contributed by atoms with Crippen LogP contribution in [-0.2, 0) is 4.79 Å². The minimum absolute atomic E-state index is 0.168. The second-order valence-corrected chi connectivity index (χ2v) is 5.46. The van der Waals surface area contributed by atoms with E-state index in [2.05, 4.69) is 5.32 Å². The summed E-state index contributed by atoms with van der Waals surface area (Å²) in [6.07, 6.45) is 0. The van der Waals surface area contributed by atoms with Crippen LogP contribution < -0.4 is 14.8 Å². The summed E-state index contributed by atoms with van der Waals surface area (Å²) in [6, 6.07) is 10.3. The average molecular weight is 340 g/mol. The Balaban J connectivity index is 2.01. The van der Waals surface area contributed by atoms with E-state index in [4.69, 9.17) is 32.7 Å². The predicted octanol–water partition coefficient (Wildman–Crippen LogP) is 4.33. The molecule has 2 rings (SSSR count). The molecule has 4 nitrogen and oxygen atoms in total. The molecule has 0 fully saturated rings. The molecule has 0 radical (unpaired) electrons. The molecule has 2 aromatic rings. The number of hydrogen-bond donors (Lipinski definition) is 1. The fraction of sp³-hybridized carbons (Fsp3) is 0.188. The van der Waals surface area contributed by atoms with Crippen LogP contribution in [0.1, 0.15) is 5.56 Å². The summed E-state index contributed by atoms with van der Waals surface area (Å²) in [5.41, 5.74) is 1.48. The highest BCUT2D eigenvalue weighted by atomic mass is 35.5. The maximum Gasteiger partial charge on any atom is 0.262 e. The zero-order valence-corrected chi connectivity index (χ0v) is 13.7. The van der Waals surface area contributed by atoms with E-state index in [0.717, 1.165) is 5.56 Å². The maximum atomic E-state index is 12.0. The molecule has 1 N–H and O–H groups in total. The van der Waals surface area contributed by atoms with Crippen molar-refractivity contribution in [1.82, 2.24) is 0 Å². The SMILES string of the molecule is COc1ccc(Cl)cc1NC(=O)COc1cc(C)ccc1Cl. The lowest BCUT2D eigenvalue weighted by Gasteiger charge is -2.12. The van der Waals surface area contributed by atoms with Crippen LogP contribution >= 0.6 is 23.2 Å². The monoisotopic (exact) mass is 339 g/mol. The summed E-state index contributed by atoms with van der Waals surface area (Å²) in [4.78, 5) is 12.0. The van der Waals surface area contributed by atoms with Gasteiger partial charge in [-0.3, -0.25) is 4.79 Å². The maximum absolute atomic E-state index is 12.0. The minimum Gasteiger partial charge on any atom is -0.495 e. The van der Waals surface area contributed by atoms with Crippen molar-refractivity contribution in [2.24, 2.45) is 0 Å². The molecule has 0 aliphatic carbocycles. The zero-order chi connectivity index (χ0) is 16.1. The molecule has 0 heterocycles. The predicted molar refractivity (Wildman–Crippen MR) is 88.3 cm³/mol. The molecule has 0 aliphatic heterocycles. The van der Waals surface area contributed by atoms with Crippen molar-refractivity contribution in [2.45, 2.75) is 6.92 Å². The van der Waals surface area contributed by atoms with Gasteiger partial charge >= 0.3 is 0 Å². The van der Waals surface area contributed by atoms with Gasteiger partial charge in [-0.15, -0.1) is 0 Å². The van der Waals surface area contributed by atoms with Gasteiger partial charge in [-0.2, -0.15) is 0 Å². The third-order valence-electron chi connectivity index (χ3n) is 2.88. The van der Waals surface area contributed by atoms with Gasteiger partial charge in [0.05, 0.1) is 17.8 Å². The quantitative estimate of drug-likeness (QED) is 0.881. The van der Waals surface area contributed by atoms with E-state index in [0.29, 0.717) is 27.2 Å². The molecule has 0 spiro atoms. The third-order valence-corrected chi connectivity index (χ3v) is 3.43. The van der Waals surface area contributed by atoms with Crippen molar-refractivity contribution in [3.63, 3.8) is 0 Å². The third kappa shape index (κ3) is 4.29. The van der Waals surface area contributed by atoms with Crippen molar-refractivity contribution < 1.29 is 14.3 Å². The number of rotatable bonds is 5. The molecule has 0 atom stereocenters. The Labute approximate surface area is 138 Å². The van der Waals surface area contributed by atoms with Gasteiger partial charge in [-0.05, 0) is 42.8 Å². The molecule has 1 amide bonds. The number of amides is 1. The molecular formula is C16H15Cl2NO3. The number of nitrogens with one attached hydrogen (secondary N) is 1. The summed E-state index contributed by atoms with van der Waals surface area (Å²) in [6.45, 7) is 1.75. The van der Waals surface area contributed by atoms with Gasteiger partial charge in [-0.25, -0.2) is 0 Å². The highest BCUT2D eigenvalue weighted by Crippen LogP contribution is 2.28. The Hall–Kier alpha value is -1.91. The molecule has 0 aliphatic rings. The Kier molecular flexibility index (Phi) is 5.52. The Morgan fingerprint density at radius 3 is 2.64 bits per heavy atom. The highest BCUT2D eigenvalue weighted by Gasteiger charge is 2.10. The van der Waals surface area contributed by atoms with Crippen LogP contribution in [0.2, 0.25) is 10.0 Å². The molecule has 0 unspecified atom stereocenters. The van der Waals surface area contributed by atoms with E-state index in [-0.39, 0.29) is 12.5 Å². The van der Waals surface area contributed by atoms with Crippen LogP contribution in [0.3, 0.4) is 0 Å². The molecule has 116 valence electrons. The average Bonchev–Trinajstić information content (AvgIpc) is 2.48. The number of hydrogen-bond acceptors (Lipinski definition) is 3. The first kappa shape index (κ1) is 16.5. The molecule has 22 heavy (non-hydrogen) atoms. The lowest BCUT2D eigenvalue weighted by Crippen LogP contribution is -2.20. The fourth-order valence-corrected chi connectivity index (χ4v) is 2.17. The highest BCUT2D eigenvalue weighted by molar-refractivity contribution is 6.32. The first-order valence-electron chi connectivity index (χ1n) is 6.52. The summed E-state index contributed by atoms with van der Waals surface area (Å²) in [7, 11) is 1.52. The van der Waals surface area contributed by atoms with E-state index < -0.39 is 0 Å². The normalized spacial score (nSPS) is 10.2. The van der Waals surface area contributed by atoms with Crippen LogP contribution in [-0.4, -0.2) is 19.6 Å². The van der Waals surface area contributed by atoms with Crippen LogP contribution in [0.15, 0.2) is 36.4 Å². The van der Waals surface area contributed by atoms with Crippen molar-refractivity contribution >= 4 is 34.8 Å². The molecule has 0 bridgehead atoms. The summed E-state index contributed by atoms with van der Waals surface area (Å²) in [5, 5.41) is 3.65. The van der Waals surface area contributed by atoms with E-state index in [1.165, 1.54) is 7.11 Å². The molecular weight excluding hydrogens is 325 g/mol. The number of ether oxygens (including phenoxy) is 2. The number of benzene rings is 2. The molecule has 0 aromatic heterocycles. The Morgan fingerprint density at radius 2 is 1.91 bits per heavy atom. The lowest BCUT2D eigenvalue weighted by atomic mass is 10.2. The number of methoxy groups -OCH3 is 1. The van der Waals surface area contributed by atoms with Crippen molar-refractivity contribution in [3.05, 3.63) is 52.0 Å². The Bertz CT molecular complexity index is 689. The van der Waals surface area contributed by atoms with E-state index >= 15 is 0 Å². The van der Waals surface area contributed by atoms with Crippen LogP contribution in [0.25, 0.3) is 0 Å². The van der Waals surface area contributed by atoms with Crippen molar-refractivity contribution in [1.29, 1.82) is 0 Å². The first-order valence-corrected chi connectivity index (χ1v) is 7.27. The Morgan fingerprint density at radius 1 is 1.14 bits per heavy atom. The van der Waals surface area contributed by atoms with E-state index in [9.17, 15) is 4.79 Å². The second kappa shape index (κ2) is 7.38. The van der Waals surface area contributed by atoms with Gasteiger partial charge in [0.15, 0.2) is 6.61 Å². The first-order chi connectivity index (χ1) is 10.5. The van der Waals surface area contributed by atoms with Gasteiger partial charge in [-0.1, -0.05) is 29.3 Å². The lowest BCUT2D eigenvalue weighted by molar-refractivity contribution is -0.118. The number of halogens is 2. The smallest absolute Gasteiger partial charge is 0.262 e. The van der Waals surface area contributed by atoms with Crippen LogP contribution in [0, 0.1) is 6.92 Å².